The van der Waals surface area contributed by atoms with E-state index in [0.717, 1.165) is 29.8 Å². The number of rotatable bonds is 7. The molecule has 0 unspecified atom stereocenters. The van der Waals surface area contributed by atoms with Gasteiger partial charge in [-0.25, -0.2) is 9.79 Å². The van der Waals surface area contributed by atoms with Crippen LogP contribution in [0.2, 0.25) is 0 Å². The van der Waals surface area contributed by atoms with Crippen LogP contribution in [-0.2, 0) is 22.4 Å². The maximum absolute atomic E-state index is 11.5. The van der Waals surface area contributed by atoms with Crippen LogP contribution in [-0.4, -0.2) is 32.5 Å². The topological polar surface area (TPSA) is 80.9 Å². The summed E-state index contributed by atoms with van der Waals surface area (Å²) in [7, 11) is 1.54. The fourth-order valence-electron chi connectivity index (χ4n) is 3.87. The highest BCUT2D eigenvalue weighted by Gasteiger charge is 2.32. The molecule has 1 atom stereocenters. The van der Waals surface area contributed by atoms with Gasteiger partial charge in [-0.3, -0.25) is 0 Å². The normalized spacial score (nSPS) is 15.8. The Hall–Kier alpha value is -2.85. The molecule has 7 heteroatoms. The van der Waals surface area contributed by atoms with E-state index in [1.54, 1.807) is 43.7 Å². The summed E-state index contributed by atoms with van der Waals surface area (Å²) >= 11 is 1.63. The minimum absolute atomic E-state index is 0.181. The summed E-state index contributed by atoms with van der Waals surface area (Å²) in [5, 5.41) is 10.5. The number of nitrogens with zero attached hydrogens (tertiary/aromatic N) is 2. The molecule has 0 fully saturated rings. The van der Waals surface area contributed by atoms with Crippen molar-refractivity contribution in [2.24, 2.45) is 16.3 Å². The third kappa shape index (κ3) is 5.49. The Balaban J connectivity index is 1.79. The molecule has 1 aliphatic rings. The summed E-state index contributed by atoms with van der Waals surface area (Å²) < 4.78 is 15.8. The molecule has 1 aromatic heterocycles. The number of hydrogen-bond acceptors (Lipinski definition) is 7. The number of benzene rings is 1. The van der Waals surface area contributed by atoms with Crippen LogP contribution in [0.25, 0.3) is 0 Å². The van der Waals surface area contributed by atoms with Crippen LogP contribution in [0.1, 0.15) is 55.7 Å². The molecule has 2 aromatic rings. The molecule has 0 aliphatic heterocycles. The predicted molar refractivity (Wildman–Crippen MR) is 126 cm³/mol. The predicted octanol–water partition coefficient (Wildman–Crippen LogP) is 5.47. The number of aliphatic imine (C=N–C) groups is 1. The fraction of sp³-hybridized carbons (Fsp3) is 0.480. The standard InChI is InChI=1S/C25H30N2O4S/c1-6-30-23(28)15-31-20-10-7-16(11-21(20)29-5)14-27-24-19(13-26)18-9-8-17(25(2,3)4)12-22(18)32-24/h7,10-11,14,17H,6,8-9,12,15H2,1-5H3/t17-/m0/s1. The number of carbonyl (C=O) groups is 1. The maximum Gasteiger partial charge on any atom is 0.344 e. The van der Waals surface area contributed by atoms with Gasteiger partial charge in [-0.1, -0.05) is 20.8 Å². The molecular formula is C25H30N2O4S. The van der Waals surface area contributed by atoms with Crippen LogP contribution >= 0.6 is 11.3 Å². The van der Waals surface area contributed by atoms with E-state index in [1.165, 1.54) is 10.4 Å². The summed E-state index contributed by atoms with van der Waals surface area (Å²) in [5.74, 6) is 1.13. The van der Waals surface area contributed by atoms with E-state index < -0.39 is 5.97 Å². The van der Waals surface area contributed by atoms with Crippen LogP contribution < -0.4 is 9.47 Å². The highest BCUT2D eigenvalue weighted by molar-refractivity contribution is 7.16. The van der Waals surface area contributed by atoms with Crippen molar-refractivity contribution in [2.75, 3.05) is 20.3 Å². The molecule has 170 valence electrons. The lowest BCUT2D eigenvalue weighted by Crippen LogP contribution is -2.26. The van der Waals surface area contributed by atoms with Crippen molar-refractivity contribution in [3.63, 3.8) is 0 Å². The molecule has 6 nitrogen and oxygen atoms in total. The van der Waals surface area contributed by atoms with Crippen molar-refractivity contribution >= 4 is 28.5 Å². The van der Waals surface area contributed by atoms with E-state index >= 15 is 0 Å². The molecule has 0 N–H and O–H groups in total. The van der Waals surface area contributed by atoms with Crippen molar-refractivity contribution < 1.29 is 19.0 Å². The maximum atomic E-state index is 11.5. The Morgan fingerprint density at radius 1 is 1.34 bits per heavy atom. The van der Waals surface area contributed by atoms with Gasteiger partial charge >= 0.3 is 5.97 Å². The van der Waals surface area contributed by atoms with Crippen LogP contribution in [0, 0.1) is 22.7 Å². The first kappa shape index (κ1) is 23.8. The largest absolute Gasteiger partial charge is 0.493 e. The van der Waals surface area contributed by atoms with Crippen molar-refractivity contribution in [1.82, 2.24) is 0 Å². The van der Waals surface area contributed by atoms with E-state index in [2.05, 4.69) is 31.8 Å². The molecule has 32 heavy (non-hydrogen) atoms. The van der Waals surface area contributed by atoms with Crippen LogP contribution in [0.5, 0.6) is 11.5 Å². The first-order valence-corrected chi connectivity index (χ1v) is 11.6. The highest BCUT2D eigenvalue weighted by atomic mass is 32.1. The number of thiophene rings is 1. The second-order valence-corrected chi connectivity index (χ2v) is 9.95. The Morgan fingerprint density at radius 3 is 2.78 bits per heavy atom. The third-order valence-corrected chi connectivity index (χ3v) is 6.92. The second-order valence-electron chi connectivity index (χ2n) is 8.86. The van der Waals surface area contributed by atoms with Crippen LogP contribution in [0.4, 0.5) is 5.00 Å². The minimum atomic E-state index is -0.431. The Labute approximate surface area is 193 Å². The van der Waals surface area contributed by atoms with Gasteiger partial charge in [0.15, 0.2) is 18.1 Å². The molecular weight excluding hydrogens is 424 g/mol. The van der Waals surface area contributed by atoms with Gasteiger partial charge in [0, 0.05) is 11.1 Å². The summed E-state index contributed by atoms with van der Waals surface area (Å²) in [6, 6.07) is 7.73. The zero-order valence-corrected chi connectivity index (χ0v) is 20.2. The van der Waals surface area contributed by atoms with Gasteiger partial charge in [-0.15, -0.1) is 11.3 Å². The van der Waals surface area contributed by atoms with Gasteiger partial charge in [0.05, 0.1) is 19.3 Å². The number of carbonyl (C=O) groups excluding carboxylic acids is 1. The van der Waals surface area contributed by atoms with Crippen LogP contribution in [0.15, 0.2) is 23.2 Å². The van der Waals surface area contributed by atoms with E-state index in [1.807, 2.05) is 6.07 Å². The van der Waals surface area contributed by atoms with E-state index in [9.17, 15) is 10.1 Å². The lowest BCUT2D eigenvalue weighted by atomic mass is 9.72. The van der Waals surface area contributed by atoms with Gasteiger partial charge in [0.2, 0.25) is 0 Å². The number of methoxy groups -OCH3 is 1. The SMILES string of the molecule is CCOC(=O)COc1ccc(C=Nc2sc3c(c2C#N)CC[C@H](C(C)(C)C)C3)cc1OC. The van der Waals surface area contributed by atoms with Crippen molar-refractivity contribution in [2.45, 2.75) is 47.0 Å². The third-order valence-electron chi connectivity index (χ3n) is 5.75. The molecule has 0 bridgehead atoms. The molecule has 1 aromatic carbocycles. The summed E-state index contributed by atoms with van der Waals surface area (Å²) in [4.78, 5) is 17.5. The van der Waals surface area contributed by atoms with Gasteiger partial charge < -0.3 is 14.2 Å². The van der Waals surface area contributed by atoms with Gasteiger partial charge in [-0.2, -0.15) is 5.26 Å². The van der Waals surface area contributed by atoms with Gasteiger partial charge in [-0.05, 0) is 66.8 Å². The van der Waals surface area contributed by atoms with Crippen molar-refractivity contribution in [1.29, 1.82) is 5.26 Å². The molecule has 0 saturated carbocycles. The molecule has 0 radical (unpaired) electrons. The monoisotopic (exact) mass is 454 g/mol. The molecule has 3 rings (SSSR count). The zero-order chi connectivity index (χ0) is 23.3. The summed E-state index contributed by atoms with van der Waals surface area (Å²) in [6.07, 6.45) is 4.78. The second kappa shape index (κ2) is 10.2. The number of ether oxygens (including phenoxy) is 3. The Bertz CT molecular complexity index is 1040. The fourth-order valence-corrected chi connectivity index (χ4v) is 5.09. The highest BCUT2D eigenvalue weighted by Crippen LogP contribution is 2.44. The molecule has 1 aliphatic carbocycles. The van der Waals surface area contributed by atoms with Gasteiger partial charge in [0.25, 0.3) is 0 Å². The van der Waals surface area contributed by atoms with E-state index in [4.69, 9.17) is 14.2 Å². The first-order valence-electron chi connectivity index (χ1n) is 10.8. The molecule has 0 saturated heterocycles. The number of nitriles is 1. The van der Waals surface area contributed by atoms with Crippen molar-refractivity contribution in [3.05, 3.63) is 39.8 Å². The minimum Gasteiger partial charge on any atom is -0.493 e. The number of hydrogen-bond donors (Lipinski definition) is 0. The van der Waals surface area contributed by atoms with E-state index in [-0.39, 0.29) is 12.0 Å². The summed E-state index contributed by atoms with van der Waals surface area (Å²) in [5.41, 5.74) is 2.94. The molecule has 0 spiro atoms. The van der Waals surface area contributed by atoms with E-state index in [0.29, 0.717) is 29.6 Å². The Morgan fingerprint density at radius 2 is 2.12 bits per heavy atom. The van der Waals surface area contributed by atoms with Gasteiger partial charge in [0.1, 0.15) is 11.1 Å². The average molecular weight is 455 g/mol. The Kier molecular flexibility index (Phi) is 7.57. The summed E-state index contributed by atoms with van der Waals surface area (Å²) in [6.45, 7) is 8.73. The van der Waals surface area contributed by atoms with Crippen LogP contribution in [0.3, 0.4) is 0 Å². The average Bonchev–Trinajstić information content (AvgIpc) is 3.12. The molecule has 0 amide bonds. The number of esters is 1. The first-order chi connectivity index (χ1) is 15.3. The number of fused-ring (bicyclic) bond motifs is 1. The lowest BCUT2D eigenvalue weighted by Gasteiger charge is -2.33. The van der Waals surface area contributed by atoms with Crippen molar-refractivity contribution in [3.8, 4) is 17.6 Å². The quantitative estimate of drug-likeness (QED) is 0.409. The molecule has 1 heterocycles. The lowest BCUT2D eigenvalue weighted by molar-refractivity contribution is -0.145. The smallest absolute Gasteiger partial charge is 0.344 e. The zero-order valence-electron chi connectivity index (χ0n) is 19.4.